The molecule has 0 fully saturated rings. The molecule has 3 aromatic rings. The van der Waals surface area contributed by atoms with Gasteiger partial charge in [0.2, 0.25) is 0 Å². The molecule has 4 nitrogen and oxygen atoms in total. The van der Waals surface area contributed by atoms with Gasteiger partial charge >= 0.3 is 0 Å². The second-order valence-electron chi connectivity index (χ2n) is 6.13. The van der Waals surface area contributed by atoms with E-state index >= 15 is 0 Å². The van der Waals surface area contributed by atoms with Crippen molar-refractivity contribution in [3.63, 3.8) is 0 Å². The number of rotatable bonds is 5. The summed E-state index contributed by atoms with van der Waals surface area (Å²) in [6.45, 7) is 4.61. The summed E-state index contributed by atoms with van der Waals surface area (Å²) in [6, 6.07) is 15.6. The van der Waals surface area contributed by atoms with Crippen LogP contribution in [0.25, 0.3) is 10.8 Å². The first-order valence-electron chi connectivity index (χ1n) is 7.83. The van der Waals surface area contributed by atoms with Gasteiger partial charge in [-0.25, -0.2) is 0 Å². The Morgan fingerprint density at radius 1 is 1.13 bits per heavy atom. The van der Waals surface area contributed by atoms with E-state index in [0.29, 0.717) is 23.8 Å². The molecule has 0 saturated carbocycles. The van der Waals surface area contributed by atoms with Crippen LogP contribution in [0.3, 0.4) is 0 Å². The fourth-order valence-electron chi connectivity index (χ4n) is 2.55. The maximum Gasteiger partial charge on any atom is 0.251 e. The number of hydrogen-bond acceptors (Lipinski definition) is 3. The predicted molar refractivity (Wildman–Crippen MR) is 90.2 cm³/mol. The van der Waals surface area contributed by atoms with Crippen molar-refractivity contribution in [2.75, 3.05) is 0 Å². The van der Waals surface area contributed by atoms with Gasteiger partial charge < -0.3 is 9.84 Å². The summed E-state index contributed by atoms with van der Waals surface area (Å²) < 4.78 is 5.26. The molecule has 0 radical (unpaired) electrons. The molecular formula is C19H20N2O2. The fourth-order valence-corrected chi connectivity index (χ4v) is 2.55. The highest BCUT2D eigenvalue weighted by molar-refractivity contribution is 5.98. The topological polar surface area (TPSA) is 55.1 Å². The third-order valence-electron chi connectivity index (χ3n) is 3.66. The molecule has 0 unspecified atom stereocenters. The molecule has 1 aromatic heterocycles. The third kappa shape index (κ3) is 3.77. The summed E-state index contributed by atoms with van der Waals surface area (Å²) in [4.78, 5) is 12.3. The lowest BCUT2D eigenvalue weighted by Crippen LogP contribution is -2.22. The molecule has 0 aliphatic heterocycles. The molecule has 2 aromatic carbocycles. The lowest BCUT2D eigenvalue weighted by atomic mass is 10.1. The minimum Gasteiger partial charge on any atom is -0.359 e. The van der Waals surface area contributed by atoms with Gasteiger partial charge in [0.15, 0.2) is 5.76 Å². The highest BCUT2D eigenvalue weighted by atomic mass is 16.5. The Balaban J connectivity index is 1.65. The van der Waals surface area contributed by atoms with Gasteiger partial charge in [-0.1, -0.05) is 49.3 Å². The van der Waals surface area contributed by atoms with Crippen LogP contribution in [0, 0.1) is 5.92 Å². The van der Waals surface area contributed by atoms with E-state index in [4.69, 9.17) is 4.52 Å². The Hall–Kier alpha value is -2.62. The third-order valence-corrected chi connectivity index (χ3v) is 3.66. The van der Waals surface area contributed by atoms with Crippen molar-refractivity contribution in [2.45, 2.75) is 26.8 Å². The molecule has 0 spiro atoms. The van der Waals surface area contributed by atoms with Gasteiger partial charge in [0, 0.05) is 11.6 Å². The van der Waals surface area contributed by atoms with Crippen molar-refractivity contribution in [3.8, 4) is 0 Å². The van der Waals surface area contributed by atoms with Crippen LogP contribution in [-0.4, -0.2) is 11.1 Å². The molecule has 0 aliphatic carbocycles. The number of benzene rings is 2. The number of nitrogens with one attached hydrogen (secondary N) is 1. The van der Waals surface area contributed by atoms with Gasteiger partial charge in [-0.05, 0) is 35.2 Å². The Labute approximate surface area is 135 Å². The molecule has 0 aliphatic rings. The predicted octanol–water partition coefficient (Wildman–Crippen LogP) is 3.96. The lowest BCUT2D eigenvalue weighted by molar-refractivity contribution is 0.0947. The van der Waals surface area contributed by atoms with Crippen LogP contribution >= 0.6 is 0 Å². The molecule has 1 N–H and O–H groups in total. The van der Waals surface area contributed by atoms with Crippen molar-refractivity contribution in [2.24, 2.45) is 5.92 Å². The van der Waals surface area contributed by atoms with Crippen molar-refractivity contribution in [1.29, 1.82) is 0 Å². The molecule has 1 amide bonds. The van der Waals surface area contributed by atoms with Crippen LogP contribution in [0.15, 0.2) is 53.1 Å². The van der Waals surface area contributed by atoms with Gasteiger partial charge in [-0.2, -0.15) is 0 Å². The molecule has 1 heterocycles. The van der Waals surface area contributed by atoms with Crippen molar-refractivity contribution in [1.82, 2.24) is 10.5 Å². The van der Waals surface area contributed by atoms with Crippen LogP contribution in [0.4, 0.5) is 0 Å². The number of fused-ring (bicyclic) bond motifs is 1. The molecule has 23 heavy (non-hydrogen) atoms. The zero-order chi connectivity index (χ0) is 16.2. The first-order chi connectivity index (χ1) is 11.1. The minimum atomic E-state index is -0.113. The first-order valence-corrected chi connectivity index (χ1v) is 7.83. The van der Waals surface area contributed by atoms with E-state index in [1.165, 1.54) is 0 Å². The highest BCUT2D eigenvalue weighted by Gasteiger charge is 2.09. The van der Waals surface area contributed by atoms with Crippen LogP contribution in [0.2, 0.25) is 0 Å². The van der Waals surface area contributed by atoms with E-state index in [0.717, 1.165) is 22.9 Å². The zero-order valence-electron chi connectivity index (χ0n) is 13.4. The zero-order valence-corrected chi connectivity index (χ0v) is 13.4. The van der Waals surface area contributed by atoms with Gasteiger partial charge in [-0.15, -0.1) is 0 Å². The molecule has 0 saturated heterocycles. The van der Waals surface area contributed by atoms with E-state index in [9.17, 15) is 4.79 Å². The fraction of sp³-hybridized carbons (Fsp3) is 0.263. The minimum absolute atomic E-state index is 0.113. The number of nitrogens with zero attached hydrogens (tertiary/aromatic N) is 1. The standard InChI is InChI=1S/C19H20N2O2/c1-13(2)9-17-11-18(23-21-17)12-20-19(22)16-8-7-14-5-3-4-6-15(14)10-16/h3-8,10-11,13H,9,12H2,1-2H3,(H,20,22). The maximum atomic E-state index is 12.3. The normalized spacial score (nSPS) is 11.1. The molecule has 0 atom stereocenters. The quantitative estimate of drug-likeness (QED) is 0.776. The second kappa shape index (κ2) is 6.65. The number of carbonyl (C=O) groups is 1. The van der Waals surface area contributed by atoms with Crippen LogP contribution in [-0.2, 0) is 13.0 Å². The van der Waals surface area contributed by atoms with E-state index in [1.54, 1.807) is 0 Å². The molecule has 3 rings (SSSR count). The lowest BCUT2D eigenvalue weighted by Gasteiger charge is -2.04. The van der Waals surface area contributed by atoms with Gasteiger partial charge in [0.05, 0.1) is 12.2 Å². The van der Waals surface area contributed by atoms with E-state index in [-0.39, 0.29) is 5.91 Å². The summed E-state index contributed by atoms with van der Waals surface area (Å²) in [5, 5.41) is 9.07. The van der Waals surface area contributed by atoms with Gasteiger partial charge in [-0.3, -0.25) is 4.79 Å². The van der Waals surface area contributed by atoms with Crippen LogP contribution in [0.5, 0.6) is 0 Å². The Morgan fingerprint density at radius 2 is 1.91 bits per heavy atom. The van der Waals surface area contributed by atoms with Gasteiger partial charge in [0.25, 0.3) is 5.91 Å². The molecule has 118 valence electrons. The second-order valence-corrected chi connectivity index (χ2v) is 6.13. The Kier molecular flexibility index (Phi) is 4.42. The Morgan fingerprint density at radius 3 is 2.70 bits per heavy atom. The number of amides is 1. The number of hydrogen-bond donors (Lipinski definition) is 1. The van der Waals surface area contributed by atoms with Gasteiger partial charge in [0.1, 0.15) is 0 Å². The van der Waals surface area contributed by atoms with Crippen LogP contribution < -0.4 is 5.32 Å². The molecule has 4 heteroatoms. The largest absolute Gasteiger partial charge is 0.359 e. The average molecular weight is 308 g/mol. The SMILES string of the molecule is CC(C)Cc1cc(CNC(=O)c2ccc3ccccc3c2)on1. The maximum absolute atomic E-state index is 12.3. The smallest absolute Gasteiger partial charge is 0.251 e. The summed E-state index contributed by atoms with van der Waals surface area (Å²) in [5.41, 5.74) is 1.57. The first kappa shape index (κ1) is 15.3. The van der Waals surface area contributed by atoms with E-state index in [2.05, 4.69) is 24.3 Å². The average Bonchev–Trinajstić information content (AvgIpc) is 2.98. The highest BCUT2D eigenvalue weighted by Crippen LogP contribution is 2.16. The van der Waals surface area contributed by atoms with E-state index in [1.807, 2.05) is 48.5 Å². The summed E-state index contributed by atoms with van der Waals surface area (Å²) in [7, 11) is 0. The van der Waals surface area contributed by atoms with Crippen molar-refractivity contribution >= 4 is 16.7 Å². The number of carbonyl (C=O) groups excluding carboxylic acids is 1. The van der Waals surface area contributed by atoms with Crippen LogP contribution in [0.1, 0.15) is 35.7 Å². The summed E-state index contributed by atoms with van der Waals surface area (Å²) in [6.07, 6.45) is 0.877. The molecule has 0 bridgehead atoms. The Bertz CT molecular complexity index is 821. The summed E-state index contributed by atoms with van der Waals surface area (Å²) >= 11 is 0. The summed E-state index contributed by atoms with van der Waals surface area (Å²) in [5.74, 6) is 1.09. The van der Waals surface area contributed by atoms with Crippen molar-refractivity contribution in [3.05, 3.63) is 65.5 Å². The van der Waals surface area contributed by atoms with E-state index < -0.39 is 0 Å². The monoisotopic (exact) mass is 308 g/mol. The van der Waals surface area contributed by atoms with Crippen molar-refractivity contribution < 1.29 is 9.32 Å². The number of aromatic nitrogens is 1. The molecular weight excluding hydrogens is 288 g/mol.